The Bertz CT molecular complexity index is 991. The van der Waals surface area contributed by atoms with Crippen LogP contribution >= 0.6 is 10.6 Å². The first-order chi connectivity index (χ1) is 15.7. The Morgan fingerprint density at radius 3 is 2.58 bits per heavy atom. The van der Waals surface area contributed by atoms with Crippen LogP contribution < -0.4 is 15.5 Å². The van der Waals surface area contributed by atoms with Crippen molar-refractivity contribution in [2.45, 2.75) is 43.9 Å². The molecular formula is C23H33N5O4S. The summed E-state index contributed by atoms with van der Waals surface area (Å²) in [6.07, 6.45) is 3.84. The normalized spacial score (nSPS) is 20.6. The maximum Gasteiger partial charge on any atom is 0.319 e. The lowest BCUT2D eigenvalue weighted by atomic mass is 9.81. The molecule has 9 nitrogen and oxygen atoms in total. The second-order valence-electron chi connectivity index (χ2n) is 8.80. The number of hydrogen-bond donors (Lipinski definition) is 4. The van der Waals surface area contributed by atoms with Gasteiger partial charge in [0.1, 0.15) is 10.6 Å². The van der Waals surface area contributed by atoms with Crippen LogP contribution in [0.2, 0.25) is 0 Å². The van der Waals surface area contributed by atoms with E-state index >= 15 is 0 Å². The topological polar surface area (TPSA) is 120 Å². The highest BCUT2D eigenvalue weighted by atomic mass is 32.3. The number of benzene rings is 1. The molecule has 1 aromatic carbocycles. The Morgan fingerprint density at radius 1 is 1.27 bits per heavy atom. The highest BCUT2D eigenvalue weighted by Crippen LogP contribution is 2.65. The van der Waals surface area contributed by atoms with E-state index in [0.717, 1.165) is 17.8 Å². The van der Waals surface area contributed by atoms with Gasteiger partial charge in [0.15, 0.2) is 5.82 Å². The van der Waals surface area contributed by atoms with Crippen molar-refractivity contribution < 1.29 is 18.6 Å². The molecule has 1 aromatic heterocycles. The maximum absolute atomic E-state index is 11.8. The Morgan fingerprint density at radius 2 is 2.00 bits per heavy atom. The number of urea groups is 1. The fraction of sp³-hybridized carbons (Fsp3) is 0.522. The molecule has 2 aromatic rings. The lowest BCUT2D eigenvalue weighted by Gasteiger charge is -2.53. The monoisotopic (exact) mass is 475 g/mol. The summed E-state index contributed by atoms with van der Waals surface area (Å²) in [5, 5.41) is 5.49. The number of morpholine rings is 1. The number of anilines is 2. The molecule has 2 amide bonds. The summed E-state index contributed by atoms with van der Waals surface area (Å²) in [5.74, 6) is 1.30. The molecule has 1 atom stereocenters. The van der Waals surface area contributed by atoms with Crippen molar-refractivity contribution in [1.82, 2.24) is 15.3 Å². The lowest BCUT2D eigenvalue weighted by Crippen LogP contribution is -2.45. The van der Waals surface area contributed by atoms with Crippen LogP contribution in [0.3, 0.4) is 0 Å². The summed E-state index contributed by atoms with van der Waals surface area (Å²) in [6.45, 7) is 6.44. The molecule has 1 saturated heterocycles. The molecular weight excluding hydrogens is 442 g/mol. The van der Waals surface area contributed by atoms with E-state index in [4.69, 9.17) is 14.7 Å². The predicted octanol–water partition coefficient (Wildman–Crippen LogP) is 4.27. The molecule has 1 saturated carbocycles. The third-order valence-corrected chi connectivity index (χ3v) is 8.58. The van der Waals surface area contributed by atoms with E-state index in [1.807, 2.05) is 37.3 Å². The second-order valence-corrected chi connectivity index (χ2v) is 11.2. The Balaban J connectivity index is 1.73. The molecule has 1 aliphatic carbocycles. The minimum atomic E-state index is -2.85. The molecule has 0 radical (unpaired) electrons. The largest absolute Gasteiger partial charge is 0.377 e. The Kier molecular flexibility index (Phi) is 6.81. The third kappa shape index (κ3) is 4.79. The van der Waals surface area contributed by atoms with E-state index in [1.54, 1.807) is 0 Å². The Labute approximate surface area is 196 Å². The number of rotatable bonds is 6. The zero-order valence-electron chi connectivity index (χ0n) is 19.4. The van der Waals surface area contributed by atoms with Crippen LogP contribution in [0.1, 0.15) is 38.8 Å². The van der Waals surface area contributed by atoms with E-state index in [0.29, 0.717) is 56.4 Å². The summed E-state index contributed by atoms with van der Waals surface area (Å²) in [4.78, 5) is 23.7. The number of carbonyl (C=O) groups is 1. The maximum atomic E-state index is 11.8. The van der Waals surface area contributed by atoms with Gasteiger partial charge in [0.2, 0.25) is 0 Å². The van der Waals surface area contributed by atoms with E-state index < -0.39 is 15.3 Å². The number of carbonyl (C=O) groups excluding carboxylic acids is 1. The van der Waals surface area contributed by atoms with Crippen molar-refractivity contribution in [3.05, 3.63) is 36.0 Å². The van der Waals surface area contributed by atoms with Crippen molar-refractivity contribution >= 4 is 28.1 Å². The summed E-state index contributed by atoms with van der Waals surface area (Å²) >= 11 is 0. The highest BCUT2D eigenvalue weighted by molar-refractivity contribution is 8.24. The number of amides is 2. The van der Waals surface area contributed by atoms with Crippen LogP contribution in [0, 0.1) is 0 Å². The molecule has 4 rings (SSSR count). The number of nitrogens with one attached hydrogen (secondary N) is 2. The van der Waals surface area contributed by atoms with Gasteiger partial charge in [-0.15, -0.1) is 0 Å². The quantitative estimate of drug-likeness (QED) is 0.492. The van der Waals surface area contributed by atoms with Crippen LogP contribution in [0.25, 0.3) is 11.4 Å². The van der Waals surface area contributed by atoms with Gasteiger partial charge in [-0.1, -0.05) is 0 Å². The zero-order valence-corrected chi connectivity index (χ0v) is 20.2. The number of aromatic nitrogens is 2. The van der Waals surface area contributed by atoms with Crippen molar-refractivity contribution in [3.63, 3.8) is 0 Å². The van der Waals surface area contributed by atoms with Crippen LogP contribution in [0.4, 0.5) is 16.3 Å². The molecule has 2 aliphatic rings. The van der Waals surface area contributed by atoms with Gasteiger partial charge in [0, 0.05) is 36.7 Å². The molecule has 1 aliphatic heterocycles. The number of ether oxygens (including phenoxy) is 1. The Hall–Kier alpha value is -2.40. The van der Waals surface area contributed by atoms with Gasteiger partial charge in [-0.3, -0.25) is 9.11 Å². The SMILES string of the molecule is CCNC(=O)Nc1ccc(-c2nc(N3CCOC[C@@H]3C)cc(C3(S(C)(O)O)CCC3)n2)cc1. The van der Waals surface area contributed by atoms with Crippen LogP contribution in [-0.4, -0.2) is 63.7 Å². The lowest BCUT2D eigenvalue weighted by molar-refractivity contribution is 0.0985. The molecule has 33 heavy (non-hydrogen) atoms. The van der Waals surface area contributed by atoms with Crippen molar-refractivity contribution in [3.8, 4) is 11.4 Å². The molecule has 0 spiro atoms. The zero-order chi connectivity index (χ0) is 23.6. The first-order valence-corrected chi connectivity index (χ1v) is 13.3. The van der Waals surface area contributed by atoms with Crippen LogP contribution in [0.5, 0.6) is 0 Å². The van der Waals surface area contributed by atoms with E-state index in [-0.39, 0.29) is 12.1 Å². The molecule has 180 valence electrons. The van der Waals surface area contributed by atoms with Crippen LogP contribution in [-0.2, 0) is 9.48 Å². The molecule has 10 heteroatoms. The van der Waals surface area contributed by atoms with Crippen molar-refractivity contribution in [2.24, 2.45) is 0 Å². The van der Waals surface area contributed by atoms with Gasteiger partial charge >= 0.3 is 6.03 Å². The van der Waals surface area contributed by atoms with Crippen molar-refractivity contribution in [2.75, 3.05) is 42.8 Å². The summed E-state index contributed by atoms with van der Waals surface area (Å²) in [5.41, 5.74) is 2.14. The molecule has 0 bridgehead atoms. The van der Waals surface area contributed by atoms with Gasteiger partial charge < -0.3 is 20.3 Å². The third-order valence-electron chi connectivity index (χ3n) is 6.48. The van der Waals surface area contributed by atoms with Crippen LogP contribution in [0.15, 0.2) is 30.3 Å². The summed E-state index contributed by atoms with van der Waals surface area (Å²) < 4.78 is 26.3. The average molecular weight is 476 g/mol. The van der Waals surface area contributed by atoms with Crippen molar-refractivity contribution in [1.29, 1.82) is 0 Å². The van der Waals surface area contributed by atoms with E-state index in [9.17, 15) is 13.9 Å². The minimum absolute atomic E-state index is 0.150. The molecule has 4 N–H and O–H groups in total. The highest BCUT2D eigenvalue weighted by Gasteiger charge is 2.49. The summed E-state index contributed by atoms with van der Waals surface area (Å²) in [6, 6.07) is 9.17. The average Bonchev–Trinajstić information content (AvgIpc) is 2.73. The van der Waals surface area contributed by atoms with Gasteiger partial charge in [-0.2, -0.15) is 10.6 Å². The molecule has 2 heterocycles. The fourth-order valence-electron chi connectivity index (χ4n) is 4.39. The smallest absolute Gasteiger partial charge is 0.319 e. The van der Waals surface area contributed by atoms with E-state index in [1.165, 1.54) is 6.26 Å². The van der Waals surface area contributed by atoms with Gasteiger partial charge in [0.05, 0.1) is 24.9 Å². The fourth-order valence-corrected chi connectivity index (χ4v) is 5.95. The van der Waals surface area contributed by atoms with E-state index in [2.05, 4.69) is 22.5 Å². The van der Waals surface area contributed by atoms with Gasteiger partial charge in [0.25, 0.3) is 0 Å². The van der Waals surface area contributed by atoms with Gasteiger partial charge in [-0.05, 0) is 57.4 Å². The second kappa shape index (κ2) is 9.46. The van der Waals surface area contributed by atoms with Gasteiger partial charge in [-0.25, -0.2) is 14.8 Å². The predicted molar refractivity (Wildman–Crippen MR) is 132 cm³/mol. The summed E-state index contributed by atoms with van der Waals surface area (Å²) in [7, 11) is -2.85. The number of nitrogens with zero attached hydrogens (tertiary/aromatic N) is 3. The standard InChI is InChI=1S/C23H33N5O4S/c1-4-24-22(29)25-18-8-6-17(7-9-18)21-26-19(23(10-5-11-23)33(3,30)31)14-20(27-21)28-12-13-32-15-16(28)2/h6-9,14,16,30-31H,4-5,10-13,15H2,1-3H3,(H2,24,25,29)/t16-/m0/s1. The minimum Gasteiger partial charge on any atom is -0.377 e. The first kappa shape index (κ1) is 23.7. The first-order valence-electron chi connectivity index (χ1n) is 11.4. The molecule has 2 fully saturated rings. The number of hydrogen-bond acceptors (Lipinski definition) is 7. The molecule has 0 unspecified atom stereocenters.